The summed E-state index contributed by atoms with van der Waals surface area (Å²) in [6, 6.07) is 8.29. The molecule has 1 aromatic carbocycles. The van der Waals surface area contributed by atoms with Crippen LogP contribution in [0.3, 0.4) is 0 Å². The molecule has 0 spiro atoms. The number of aryl methyl sites for hydroxylation is 1. The van der Waals surface area contributed by atoms with Crippen molar-refractivity contribution in [2.24, 2.45) is 5.92 Å². The molecule has 1 saturated heterocycles. The third-order valence-corrected chi connectivity index (χ3v) is 4.15. The number of anilines is 3. The Morgan fingerprint density at radius 3 is 3.00 bits per heavy atom. The van der Waals surface area contributed by atoms with Crippen LogP contribution in [0, 0.1) is 5.92 Å². The zero-order valence-corrected chi connectivity index (χ0v) is 13.3. The quantitative estimate of drug-likeness (QED) is 0.937. The molecule has 5 heteroatoms. The number of nitrogens with zero attached hydrogens (tertiary/aromatic N) is 4. The molecular weight excluding hydrogens is 274 g/mol. The van der Waals surface area contributed by atoms with Crippen LogP contribution in [-0.4, -0.2) is 28.3 Å². The molecule has 1 aliphatic heterocycles. The molecule has 0 saturated carbocycles. The minimum Gasteiger partial charge on any atom is -0.339 e. The lowest BCUT2D eigenvalue weighted by Gasteiger charge is -2.30. The summed E-state index contributed by atoms with van der Waals surface area (Å²) < 4.78 is 0. The van der Waals surface area contributed by atoms with E-state index in [9.17, 15) is 0 Å². The number of hydrogen-bond acceptors (Lipinski definition) is 5. The molecule has 1 fully saturated rings. The molecule has 1 unspecified atom stereocenters. The molecule has 2 heterocycles. The number of piperidine rings is 1. The van der Waals surface area contributed by atoms with Gasteiger partial charge in [-0.15, -0.1) is 5.10 Å². The van der Waals surface area contributed by atoms with Crippen LogP contribution in [-0.2, 0) is 6.42 Å². The average Bonchev–Trinajstić information content (AvgIpc) is 2.56. The molecule has 0 aliphatic carbocycles. The van der Waals surface area contributed by atoms with Crippen LogP contribution >= 0.6 is 0 Å². The van der Waals surface area contributed by atoms with Gasteiger partial charge in [0.25, 0.3) is 0 Å². The molecule has 0 radical (unpaired) electrons. The summed E-state index contributed by atoms with van der Waals surface area (Å²) in [5.74, 6) is 2.17. The van der Waals surface area contributed by atoms with Crippen LogP contribution in [0.1, 0.15) is 32.3 Å². The second-order valence-electron chi connectivity index (χ2n) is 5.97. The van der Waals surface area contributed by atoms with E-state index in [0.717, 1.165) is 37.0 Å². The normalized spacial score (nSPS) is 18.3. The maximum Gasteiger partial charge on any atom is 0.247 e. The molecule has 116 valence electrons. The molecule has 1 aromatic heterocycles. The first-order valence-electron chi connectivity index (χ1n) is 8.06. The summed E-state index contributed by atoms with van der Waals surface area (Å²) in [4.78, 5) is 6.88. The highest BCUT2D eigenvalue weighted by Crippen LogP contribution is 2.23. The number of para-hydroxylation sites is 1. The van der Waals surface area contributed by atoms with E-state index in [1.165, 1.54) is 18.4 Å². The van der Waals surface area contributed by atoms with Gasteiger partial charge in [-0.3, -0.25) is 0 Å². The van der Waals surface area contributed by atoms with Gasteiger partial charge in [0, 0.05) is 18.8 Å². The fourth-order valence-corrected chi connectivity index (χ4v) is 2.95. The summed E-state index contributed by atoms with van der Waals surface area (Å²) in [7, 11) is 0. The SMILES string of the molecule is CCc1ccccc1Nc1cnnc(N2CCCC(C)C2)n1. The first kappa shape index (κ1) is 14.8. The van der Waals surface area contributed by atoms with Crippen LogP contribution in [0.15, 0.2) is 30.5 Å². The molecule has 1 aliphatic rings. The van der Waals surface area contributed by atoms with Crippen molar-refractivity contribution in [1.82, 2.24) is 15.2 Å². The Balaban J connectivity index is 1.79. The Kier molecular flexibility index (Phi) is 4.51. The number of hydrogen-bond donors (Lipinski definition) is 1. The van der Waals surface area contributed by atoms with Gasteiger partial charge < -0.3 is 10.2 Å². The minimum absolute atomic E-state index is 0.690. The van der Waals surface area contributed by atoms with Crippen molar-refractivity contribution < 1.29 is 0 Å². The van der Waals surface area contributed by atoms with Crippen molar-refractivity contribution in [2.75, 3.05) is 23.3 Å². The molecule has 1 N–H and O–H groups in total. The first-order chi connectivity index (χ1) is 10.8. The van der Waals surface area contributed by atoms with Crippen LogP contribution in [0.2, 0.25) is 0 Å². The summed E-state index contributed by atoms with van der Waals surface area (Å²) >= 11 is 0. The molecule has 0 amide bonds. The molecular formula is C17H23N5. The van der Waals surface area contributed by atoms with Crippen LogP contribution < -0.4 is 10.2 Å². The molecule has 0 bridgehead atoms. The highest BCUT2D eigenvalue weighted by Gasteiger charge is 2.19. The van der Waals surface area contributed by atoms with E-state index in [-0.39, 0.29) is 0 Å². The average molecular weight is 297 g/mol. The fourth-order valence-electron chi connectivity index (χ4n) is 2.95. The second kappa shape index (κ2) is 6.73. The highest BCUT2D eigenvalue weighted by atomic mass is 15.3. The smallest absolute Gasteiger partial charge is 0.247 e. The van der Waals surface area contributed by atoms with Crippen LogP contribution in [0.4, 0.5) is 17.5 Å². The van der Waals surface area contributed by atoms with Gasteiger partial charge in [0.2, 0.25) is 5.95 Å². The zero-order chi connectivity index (χ0) is 15.4. The summed E-state index contributed by atoms with van der Waals surface area (Å²) in [6.45, 7) is 6.45. The molecule has 1 atom stereocenters. The minimum atomic E-state index is 0.690. The maximum atomic E-state index is 4.64. The molecule has 2 aromatic rings. The lowest BCUT2D eigenvalue weighted by atomic mass is 10.0. The molecule has 22 heavy (non-hydrogen) atoms. The predicted octanol–water partition coefficient (Wildman–Crippen LogP) is 3.41. The largest absolute Gasteiger partial charge is 0.339 e. The van der Waals surface area contributed by atoms with Crippen molar-refractivity contribution in [3.8, 4) is 0 Å². The van der Waals surface area contributed by atoms with Gasteiger partial charge >= 0.3 is 0 Å². The van der Waals surface area contributed by atoms with Crippen molar-refractivity contribution in [2.45, 2.75) is 33.1 Å². The van der Waals surface area contributed by atoms with Gasteiger partial charge in [-0.2, -0.15) is 10.1 Å². The monoisotopic (exact) mass is 297 g/mol. The van der Waals surface area contributed by atoms with Gasteiger partial charge in [-0.1, -0.05) is 32.0 Å². The summed E-state index contributed by atoms with van der Waals surface area (Å²) in [6.07, 6.45) is 5.15. The number of rotatable bonds is 4. The van der Waals surface area contributed by atoms with E-state index in [1.54, 1.807) is 6.20 Å². The number of benzene rings is 1. The zero-order valence-electron chi connectivity index (χ0n) is 13.3. The Bertz CT molecular complexity index is 628. The third kappa shape index (κ3) is 3.35. The molecule has 5 nitrogen and oxygen atoms in total. The number of nitrogens with one attached hydrogen (secondary N) is 1. The molecule has 3 rings (SSSR count). The van der Waals surface area contributed by atoms with Gasteiger partial charge in [0.15, 0.2) is 5.82 Å². The van der Waals surface area contributed by atoms with E-state index in [1.807, 2.05) is 6.07 Å². The van der Waals surface area contributed by atoms with Gasteiger partial charge in [-0.05, 0) is 36.8 Å². The summed E-state index contributed by atoms with van der Waals surface area (Å²) in [5.41, 5.74) is 2.36. The van der Waals surface area contributed by atoms with Gasteiger partial charge in [-0.25, -0.2) is 0 Å². The summed E-state index contributed by atoms with van der Waals surface area (Å²) in [5, 5.41) is 11.7. The van der Waals surface area contributed by atoms with E-state index < -0.39 is 0 Å². The topological polar surface area (TPSA) is 53.9 Å². The highest BCUT2D eigenvalue weighted by molar-refractivity contribution is 5.60. The lowest BCUT2D eigenvalue weighted by molar-refractivity contribution is 0.441. The Hall–Kier alpha value is -2.17. The van der Waals surface area contributed by atoms with E-state index in [0.29, 0.717) is 5.92 Å². The Morgan fingerprint density at radius 1 is 1.32 bits per heavy atom. The first-order valence-corrected chi connectivity index (χ1v) is 8.06. The van der Waals surface area contributed by atoms with Crippen molar-refractivity contribution in [3.63, 3.8) is 0 Å². The standard InChI is InChI=1S/C17H23N5/c1-3-14-8-4-5-9-15(14)19-16-11-18-21-17(20-16)22-10-6-7-13(2)12-22/h4-5,8-9,11,13H,3,6-7,10,12H2,1-2H3,(H,19,20,21). The fraction of sp³-hybridized carbons (Fsp3) is 0.471. The van der Waals surface area contributed by atoms with E-state index in [2.05, 4.69) is 57.4 Å². The van der Waals surface area contributed by atoms with E-state index >= 15 is 0 Å². The number of aromatic nitrogens is 3. The van der Waals surface area contributed by atoms with Gasteiger partial charge in [0.1, 0.15) is 0 Å². The van der Waals surface area contributed by atoms with Crippen LogP contribution in [0.5, 0.6) is 0 Å². The second-order valence-corrected chi connectivity index (χ2v) is 5.97. The van der Waals surface area contributed by atoms with Gasteiger partial charge in [0.05, 0.1) is 6.20 Å². The third-order valence-electron chi connectivity index (χ3n) is 4.15. The predicted molar refractivity (Wildman–Crippen MR) is 89.5 cm³/mol. The lowest BCUT2D eigenvalue weighted by Crippen LogP contribution is -2.35. The maximum absolute atomic E-state index is 4.64. The Labute approximate surface area is 131 Å². The van der Waals surface area contributed by atoms with Crippen molar-refractivity contribution in [3.05, 3.63) is 36.0 Å². The van der Waals surface area contributed by atoms with Crippen molar-refractivity contribution >= 4 is 17.5 Å². The Morgan fingerprint density at radius 2 is 2.18 bits per heavy atom. The van der Waals surface area contributed by atoms with Crippen LogP contribution in [0.25, 0.3) is 0 Å². The van der Waals surface area contributed by atoms with E-state index in [4.69, 9.17) is 0 Å². The van der Waals surface area contributed by atoms with Crippen molar-refractivity contribution in [1.29, 1.82) is 0 Å².